The summed E-state index contributed by atoms with van der Waals surface area (Å²) in [5.74, 6) is 1.36. The van der Waals surface area contributed by atoms with Crippen LogP contribution in [0.1, 0.15) is 34.9 Å². The number of carbonyl (C=O) groups is 1. The highest BCUT2D eigenvalue weighted by atomic mass is 16.5. The average Bonchev–Trinajstić information content (AvgIpc) is 3.38. The van der Waals surface area contributed by atoms with E-state index >= 15 is 0 Å². The largest absolute Gasteiger partial charge is 0.497 e. The minimum absolute atomic E-state index is 0.0836. The minimum Gasteiger partial charge on any atom is -0.497 e. The zero-order chi connectivity index (χ0) is 18.8. The first-order valence-electron chi connectivity index (χ1n) is 8.79. The smallest absolute Gasteiger partial charge is 0.343 e. The van der Waals surface area contributed by atoms with Gasteiger partial charge in [0.2, 0.25) is 0 Å². The van der Waals surface area contributed by atoms with Gasteiger partial charge >= 0.3 is 5.97 Å². The summed E-state index contributed by atoms with van der Waals surface area (Å²) in [4.78, 5) is 21.4. The van der Waals surface area contributed by atoms with Gasteiger partial charge in [0.05, 0.1) is 7.11 Å². The molecule has 0 amide bonds. The van der Waals surface area contributed by atoms with Gasteiger partial charge in [-0.15, -0.1) is 0 Å². The Kier molecular flexibility index (Phi) is 4.53. The third kappa shape index (κ3) is 3.25. The van der Waals surface area contributed by atoms with E-state index < -0.39 is 5.97 Å². The van der Waals surface area contributed by atoms with Crippen LogP contribution in [0.4, 0.5) is 5.82 Å². The number of rotatable bonds is 5. The lowest BCUT2D eigenvalue weighted by molar-refractivity contribution is 0.0697. The molecule has 1 fully saturated rings. The molecule has 3 heterocycles. The first-order valence-corrected chi connectivity index (χ1v) is 8.79. The van der Waals surface area contributed by atoms with Gasteiger partial charge in [-0.1, -0.05) is 5.16 Å². The molecule has 1 aliphatic heterocycles. The molecule has 27 heavy (non-hydrogen) atoms. The van der Waals surface area contributed by atoms with Gasteiger partial charge in [-0.05, 0) is 37.1 Å². The van der Waals surface area contributed by atoms with Crippen LogP contribution < -0.4 is 9.64 Å². The molecule has 2 aromatic heterocycles. The number of hydrogen-bond acceptors (Lipinski definition) is 6. The molecule has 2 N–H and O–H groups in total. The molecule has 4 rings (SSSR count). The SMILES string of the molecule is COc1ccc(-c2onc(N3CCCC(c4ncc[nH]4)C3)c2C(=O)O)cc1. The number of nitrogens with zero attached hydrogens (tertiary/aromatic N) is 3. The Morgan fingerprint density at radius 2 is 2.19 bits per heavy atom. The number of hydrogen-bond donors (Lipinski definition) is 2. The van der Waals surface area contributed by atoms with E-state index in [-0.39, 0.29) is 17.2 Å². The van der Waals surface area contributed by atoms with Gasteiger partial charge in [-0.2, -0.15) is 0 Å². The van der Waals surface area contributed by atoms with Gasteiger partial charge in [0.15, 0.2) is 17.1 Å². The Labute approximate surface area is 155 Å². The molecule has 1 aromatic carbocycles. The minimum atomic E-state index is -1.06. The van der Waals surface area contributed by atoms with Crippen LogP contribution in [0, 0.1) is 0 Å². The van der Waals surface area contributed by atoms with Crippen molar-refractivity contribution < 1.29 is 19.2 Å². The van der Waals surface area contributed by atoms with Crippen molar-refractivity contribution in [3.05, 3.63) is 48.0 Å². The third-order valence-corrected chi connectivity index (χ3v) is 4.87. The molecule has 1 unspecified atom stereocenters. The van der Waals surface area contributed by atoms with Crippen LogP contribution in [0.25, 0.3) is 11.3 Å². The maximum absolute atomic E-state index is 12.0. The monoisotopic (exact) mass is 368 g/mol. The summed E-state index contributed by atoms with van der Waals surface area (Å²) in [5.41, 5.74) is 0.729. The quantitative estimate of drug-likeness (QED) is 0.713. The fourth-order valence-electron chi connectivity index (χ4n) is 3.52. The lowest BCUT2D eigenvalue weighted by Gasteiger charge is -2.31. The van der Waals surface area contributed by atoms with E-state index in [0.717, 1.165) is 25.2 Å². The zero-order valence-corrected chi connectivity index (χ0v) is 14.9. The van der Waals surface area contributed by atoms with Crippen LogP contribution >= 0.6 is 0 Å². The van der Waals surface area contributed by atoms with Gasteiger partial charge in [0.25, 0.3) is 0 Å². The summed E-state index contributed by atoms with van der Waals surface area (Å²) in [6.07, 6.45) is 5.45. The number of imidazole rings is 1. The Hall–Kier alpha value is -3.29. The predicted octanol–water partition coefficient (Wildman–Crippen LogP) is 3.16. The maximum atomic E-state index is 12.0. The second-order valence-corrected chi connectivity index (χ2v) is 6.50. The van der Waals surface area contributed by atoms with Crippen LogP contribution in [0.3, 0.4) is 0 Å². The summed E-state index contributed by atoms with van der Waals surface area (Å²) < 4.78 is 10.6. The first-order chi connectivity index (χ1) is 13.2. The molecule has 0 radical (unpaired) electrons. The van der Waals surface area contributed by atoms with E-state index in [2.05, 4.69) is 15.1 Å². The number of H-pyrrole nitrogens is 1. The normalized spacial score (nSPS) is 17.1. The molecule has 0 spiro atoms. The molecule has 0 saturated carbocycles. The number of anilines is 1. The Bertz CT molecular complexity index is 918. The number of aromatic amines is 1. The first kappa shape index (κ1) is 17.1. The summed E-state index contributed by atoms with van der Waals surface area (Å²) in [6, 6.07) is 7.04. The van der Waals surface area contributed by atoms with E-state index in [1.807, 2.05) is 4.90 Å². The van der Waals surface area contributed by atoms with Crippen LogP contribution in [0.5, 0.6) is 5.75 Å². The summed E-state index contributed by atoms with van der Waals surface area (Å²) in [6.45, 7) is 1.37. The van der Waals surface area contributed by atoms with Crippen molar-refractivity contribution in [1.29, 1.82) is 0 Å². The van der Waals surface area contributed by atoms with Gasteiger partial charge < -0.3 is 24.3 Å². The summed E-state index contributed by atoms with van der Waals surface area (Å²) >= 11 is 0. The van der Waals surface area contributed by atoms with Crippen LogP contribution in [0.2, 0.25) is 0 Å². The molecule has 1 aliphatic rings. The van der Waals surface area contributed by atoms with E-state index in [9.17, 15) is 9.90 Å². The molecular weight excluding hydrogens is 348 g/mol. The second kappa shape index (κ2) is 7.14. The highest BCUT2D eigenvalue weighted by molar-refractivity contribution is 5.99. The Morgan fingerprint density at radius 3 is 2.85 bits per heavy atom. The Balaban J connectivity index is 1.66. The number of piperidine rings is 1. The average molecular weight is 368 g/mol. The van der Waals surface area contributed by atoms with Gasteiger partial charge in [0.1, 0.15) is 11.6 Å². The second-order valence-electron chi connectivity index (χ2n) is 6.50. The number of carboxylic acid groups (broad SMARTS) is 1. The molecule has 8 heteroatoms. The lowest BCUT2D eigenvalue weighted by Crippen LogP contribution is -2.35. The number of carboxylic acids is 1. The van der Waals surface area contributed by atoms with E-state index in [1.54, 1.807) is 43.8 Å². The van der Waals surface area contributed by atoms with E-state index in [4.69, 9.17) is 9.26 Å². The van der Waals surface area contributed by atoms with Crippen molar-refractivity contribution in [2.24, 2.45) is 0 Å². The van der Waals surface area contributed by atoms with Crippen molar-refractivity contribution in [2.75, 3.05) is 25.1 Å². The van der Waals surface area contributed by atoms with Gasteiger partial charge in [-0.25, -0.2) is 9.78 Å². The number of benzene rings is 1. The summed E-state index contributed by atoms with van der Waals surface area (Å²) in [5, 5.41) is 13.9. The number of aromatic carboxylic acids is 1. The van der Waals surface area contributed by atoms with Gasteiger partial charge in [0, 0.05) is 37.0 Å². The van der Waals surface area contributed by atoms with Crippen LogP contribution in [0.15, 0.2) is 41.2 Å². The highest BCUT2D eigenvalue weighted by Crippen LogP contribution is 2.35. The molecule has 0 bridgehead atoms. The number of aromatic nitrogens is 3. The molecule has 1 saturated heterocycles. The molecule has 0 aliphatic carbocycles. The van der Waals surface area contributed by atoms with Crippen LogP contribution in [-0.2, 0) is 0 Å². The predicted molar refractivity (Wildman–Crippen MR) is 98.2 cm³/mol. The Morgan fingerprint density at radius 1 is 1.37 bits per heavy atom. The zero-order valence-electron chi connectivity index (χ0n) is 14.9. The van der Waals surface area contributed by atoms with Gasteiger partial charge in [-0.3, -0.25) is 0 Å². The fourth-order valence-corrected chi connectivity index (χ4v) is 3.52. The van der Waals surface area contributed by atoms with Crippen molar-refractivity contribution >= 4 is 11.8 Å². The van der Waals surface area contributed by atoms with Crippen molar-refractivity contribution in [3.63, 3.8) is 0 Å². The topological polar surface area (TPSA) is 104 Å². The van der Waals surface area contributed by atoms with E-state index in [1.165, 1.54) is 0 Å². The highest BCUT2D eigenvalue weighted by Gasteiger charge is 2.31. The number of nitrogens with one attached hydrogen (secondary N) is 1. The van der Waals surface area contributed by atoms with Crippen molar-refractivity contribution in [3.8, 4) is 17.1 Å². The molecule has 8 nitrogen and oxygen atoms in total. The molecule has 1 atom stereocenters. The van der Waals surface area contributed by atoms with Crippen LogP contribution in [-0.4, -0.2) is 46.4 Å². The lowest BCUT2D eigenvalue weighted by atomic mass is 9.97. The van der Waals surface area contributed by atoms with E-state index in [0.29, 0.717) is 23.7 Å². The third-order valence-electron chi connectivity index (χ3n) is 4.87. The van der Waals surface area contributed by atoms with Crippen molar-refractivity contribution in [2.45, 2.75) is 18.8 Å². The number of methoxy groups -OCH3 is 1. The maximum Gasteiger partial charge on any atom is 0.343 e. The molecule has 140 valence electrons. The van der Waals surface area contributed by atoms with Crippen molar-refractivity contribution in [1.82, 2.24) is 15.1 Å². The standard InChI is InChI=1S/C19H20N4O4/c1-26-14-6-4-12(5-7-14)16-15(19(24)25)18(22-27-16)23-10-2-3-13(11-23)17-20-8-9-21-17/h4-9,13H,2-3,10-11H2,1H3,(H,20,21)(H,24,25). The number of ether oxygens (including phenoxy) is 1. The fraction of sp³-hybridized carbons (Fsp3) is 0.316. The molecule has 3 aromatic rings. The molecular formula is C19H20N4O4. The summed E-state index contributed by atoms with van der Waals surface area (Å²) in [7, 11) is 1.58.